The number of imidazole rings is 1. The van der Waals surface area contributed by atoms with Gasteiger partial charge < -0.3 is 4.57 Å². The Balaban J connectivity index is 1.98. The van der Waals surface area contributed by atoms with E-state index in [-0.39, 0.29) is 5.41 Å². The molecule has 0 fully saturated rings. The first-order valence-corrected chi connectivity index (χ1v) is 11.2. The second-order valence-corrected chi connectivity index (χ2v) is 10.1. The summed E-state index contributed by atoms with van der Waals surface area (Å²) < 4.78 is 2.21. The molecule has 25 heavy (non-hydrogen) atoms. The quantitative estimate of drug-likeness (QED) is 0.384. The summed E-state index contributed by atoms with van der Waals surface area (Å²) in [5.74, 6) is 2.39. The van der Waals surface area contributed by atoms with Gasteiger partial charge in [0.1, 0.15) is 0 Å². The fraction of sp³-hybridized carbons (Fsp3) is 0.571. The van der Waals surface area contributed by atoms with E-state index < -0.39 is 0 Å². The van der Waals surface area contributed by atoms with Crippen LogP contribution in [-0.4, -0.2) is 26.3 Å². The van der Waals surface area contributed by atoms with Gasteiger partial charge in [0, 0.05) is 34.8 Å². The van der Waals surface area contributed by atoms with Crippen molar-refractivity contribution in [1.29, 1.82) is 0 Å². The molecule has 1 heterocycles. The van der Waals surface area contributed by atoms with Gasteiger partial charge in [0.2, 0.25) is 0 Å². The molecule has 0 amide bonds. The van der Waals surface area contributed by atoms with E-state index in [4.69, 9.17) is 0 Å². The van der Waals surface area contributed by atoms with Crippen molar-refractivity contribution in [3.8, 4) is 0 Å². The second kappa shape index (κ2) is 9.72. The van der Waals surface area contributed by atoms with Crippen molar-refractivity contribution in [2.45, 2.75) is 69.6 Å². The smallest absolute Gasteiger partial charge is 0.0946 e. The fourth-order valence-electron chi connectivity index (χ4n) is 2.64. The Morgan fingerprint density at radius 1 is 1.24 bits per heavy atom. The molecule has 138 valence electrons. The molecule has 2 rings (SSSR count). The standard InChI is InChI=1S/C21H32N2S2/c1-6-7-12-24-19(14-23-11-10-22-16-23)15-25-20-9-8-18(13-17(20)2)21(3,4)5/h8-11,13,16,19H,6-7,12,14-15H2,1-5H3. The molecule has 1 unspecified atom stereocenters. The largest absolute Gasteiger partial charge is 0.336 e. The molecule has 1 atom stereocenters. The van der Waals surface area contributed by atoms with Crippen molar-refractivity contribution in [2.24, 2.45) is 0 Å². The lowest BCUT2D eigenvalue weighted by Crippen LogP contribution is -2.16. The number of thioether (sulfide) groups is 2. The molecule has 0 radical (unpaired) electrons. The zero-order valence-corrected chi connectivity index (χ0v) is 17.9. The van der Waals surface area contributed by atoms with Crippen molar-refractivity contribution < 1.29 is 0 Å². The molecule has 1 aromatic heterocycles. The van der Waals surface area contributed by atoms with E-state index >= 15 is 0 Å². The molecule has 2 nitrogen and oxygen atoms in total. The normalized spacial score (nSPS) is 13.2. The molecule has 0 aliphatic heterocycles. The highest BCUT2D eigenvalue weighted by Gasteiger charge is 2.16. The van der Waals surface area contributed by atoms with Gasteiger partial charge in [-0.25, -0.2) is 4.98 Å². The van der Waals surface area contributed by atoms with Crippen LogP contribution in [0.25, 0.3) is 0 Å². The lowest BCUT2D eigenvalue weighted by molar-refractivity contribution is 0.589. The minimum atomic E-state index is 0.216. The van der Waals surface area contributed by atoms with Gasteiger partial charge in [0.05, 0.1) is 6.33 Å². The van der Waals surface area contributed by atoms with Crippen LogP contribution in [0, 0.1) is 6.92 Å². The number of rotatable bonds is 9. The Morgan fingerprint density at radius 2 is 2.04 bits per heavy atom. The number of hydrogen-bond acceptors (Lipinski definition) is 3. The van der Waals surface area contributed by atoms with Crippen LogP contribution >= 0.6 is 23.5 Å². The van der Waals surface area contributed by atoms with Crippen LogP contribution < -0.4 is 0 Å². The SMILES string of the molecule is CCCCSC(CSc1ccc(C(C)(C)C)cc1C)Cn1ccnc1. The van der Waals surface area contributed by atoms with E-state index in [0.717, 1.165) is 12.3 Å². The maximum absolute atomic E-state index is 4.18. The summed E-state index contributed by atoms with van der Waals surface area (Å²) in [5, 5.41) is 0.618. The van der Waals surface area contributed by atoms with Crippen molar-refractivity contribution in [1.82, 2.24) is 9.55 Å². The lowest BCUT2D eigenvalue weighted by atomic mass is 9.86. The average Bonchev–Trinajstić information content (AvgIpc) is 3.05. The number of aromatic nitrogens is 2. The van der Waals surface area contributed by atoms with E-state index in [2.05, 4.69) is 80.3 Å². The molecule has 1 aromatic carbocycles. The summed E-state index contributed by atoms with van der Waals surface area (Å²) >= 11 is 4.11. The Kier molecular flexibility index (Phi) is 7.95. The van der Waals surface area contributed by atoms with Crippen LogP contribution in [0.3, 0.4) is 0 Å². The third kappa shape index (κ3) is 6.74. The van der Waals surface area contributed by atoms with Crippen LogP contribution in [-0.2, 0) is 12.0 Å². The highest BCUT2D eigenvalue weighted by atomic mass is 32.2. The van der Waals surface area contributed by atoms with E-state index in [0.29, 0.717) is 5.25 Å². The molecule has 0 saturated carbocycles. The number of unbranched alkanes of at least 4 members (excludes halogenated alkanes) is 1. The molecular weight excluding hydrogens is 344 g/mol. The highest BCUT2D eigenvalue weighted by molar-refractivity contribution is 8.03. The monoisotopic (exact) mass is 376 g/mol. The van der Waals surface area contributed by atoms with Gasteiger partial charge in [-0.1, -0.05) is 46.2 Å². The third-order valence-corrected chi connectivity index (χ3v) is 7.15. The molecule has 4 heteroatoms. The second-order valence-electron chi connectivity index (χ2n) is 7.65. The molecule has 0 N–H and O–H groups in total. The molecule has 0 bridgehead atoms. The van der Waals surface area contributed by atoms with Gasteiger partial charge in [-0.15, -0.1) is 11.8 Å². The highest BCUT2D eigenvalue weighted by Crippen LogP contribution is 2.31. The molecule has 2 aromatic rings. The number of aryl methyl sites for hydroxylation is 1. The molecular formula is C21H32N2S2. The fourth-order valence-corrected chi connectivity index (χ4v) is 5.22. The third-order valence-electron chi connectivity index (χ3n) is 4.29. The van der Waals surface area contributed by atoms with Crippen LogP contribution in [0.2, 0.25) is 0 Å². The van der Waals surface area contributed by atoms with Crippen molar-refractivity contribution in [2.75, 3.05) is 11.5 Å². The summed E-state index contributed by atoms with van der Waals surface area (Å²) in [7, 11) is 0. The summed E-state index contributed by atoms with van der Waals surface area (Å²) in [6.07, 6.45) is 8.44. The predicted molar refractivity (Wildman–Crippen MR) is 114 cm³/mol. The molecule has 0 aliphatic carbocycles. The summed E-state index contributed by atoms with van der Waals surface area (Å²) in [6, 6.07) is 6.97. The zero-order chi connectivity index (χ0) is 18.3. The van der Waals surface area contributed by atoms with E-state index in [1.54, 1.807) is 0 Å². The Morgan fingerprint density at radius 3 is 2.64 bits per heavy atom. The first-order valence-electron chi connectivity index (χ1n) is 9.21. The van der Waals surface area contributed by atoms with E-state index in [9.17, 15) is 0 Å². The number of nitrogens with zero attached hydrogens (tertiary/aromatic N) is 2. The summed E-state index contributed by atoms with van der Waals surface area (Å²) in [4.78, 5) is 5.60. The van der Waals surface area contributed by atoms with E-state index in [1.165, 1.54) is 34.6 Å². The van der Waals surface area contributed by atoms with Crippen LogP contribution in [0.5, 0.6) is 0 Å². The van der Waals surface area contributed by atoms with Gasteiger partial charge in [0.15, 0.2) is 0 Å². The van der Waals surface area contributed by atoms with E-state index in [1.807, 2.05) is 24.3 Å². The molecule has 0 aliphatic rings. The van der Waals surface area contributed by atoms with Gasteiger partial charge in [-0.05, 0) is 41.7 Å². The summed E-state index contributed by atoms with van der Waals surface area (Å²) in [5.41, 5.74) is 3.03. The average molecular weight is 377 g/mol. The Bertz CT molecular complexity index is 630. The zero-order valence-electron chi connectivity index (χ0n) is 16.3. The maximum atomic E-state index is 4.18. The topological polar surface area (TPSA) is 17.8 Å². The van der Waals surface area contributed by atoms with Gasteiger partial charge in [-0.2, -0.15) is 11.8 Å². The van der Waals surface area contributed by atoms with Crippen molar-refractivity contribution in [3.63, 3.8) is 0 Å². The maximum Gasteiger partial charge on any atom is 0.0946 e. The molecule has 0 saturated heterocycles. The Hall–Kier alpha value is -0.870. The van der Waals surface area contributed by atoms with Gasteiger partial charge >= 0.3 is 0 Å². The predicted octanol–water partition coefficient (Wildman–Crippen LogP) is 6.18. The van der Waals surface area contributed by atoms with Crippen LogP contribution in [0.15, 0.2) is 41.8 Å². The van der Waals surface area contributed by atoms with Crippen LogP contribution in [0.4, 0.5) is 0 Å². The first-order chi connectivity index (χ1) is 11.9. The van der Waals surface area contributed by atoms with Gasteiger partial charge in [-0.3, -0.25) is 0 Å². The minimum absolute atomic E-state index is 0.216. The lowest BCUT2D eigenvalue weighted by Gasteiger charge is -2.21. The minimum Gasteiger partial charge on any atom is -0.336 e. The first kappa shape index (κ1) is 20.4. The number of benzene rings is 1. The Labute approximate surface area is 162 Å². The summed E-state index contributed by atoms with van der Waals surface area (Å²) in [6.45, 7) is 12.4. The van der Waals surface area contributed by atoms with Crippen LogP contribution in [0.1, 0.15) is 51.7 Å². The molecule has 0 spiro atoms. The van der Waals surface area contributed by atoms with Crippen molar-refractivity contribution >= 4 is 23.5 Å². The van der Waals surface area contributed by atoms with Crippen molar-refractivity contribution in [3.05, 3.63) is 48.0 Å². The number of hydrogen-bond donors (Lipinski definition) is 0. The van der Waals surface area contributed by atoms with Gasteiger partial charge in [0.25, 0.3) is 0 Å².